The zero-order valence-electron chi connectivity index (χ0n) is 25.1. The number of para-hydroxylation sites is 1. The molecule has 0 spiro atoms. The van der Waals surface area contributed by atoms with E-state index in [0.29, 0.717) is 54.9 Å². The van der Waals surface area contributed by atoms with Crippen LogP contribution in [0.15, 0.2) is 105 Å². The fraction of sp³-hybridized carbons (Fsp3) is 0.243. The molecule has 0 aliphatic carbocycles. The van der Waals surface area contributed by atoms with Gasteiger partial charge in [0.05, 0.1) is 11.4 Å². The SMILES string of the molecule is O=C(Nc1cc(C(=O)N2CCc3ccccc3C2)ccc1N1C[C@H]2C[C@@H](C1)c1cccc(=O)n1C2)c1cc2ccccc2oc1=O. The Morgan fingerprint density at radius 2 is 1.65 bits per heavy atom. The predicted molar refractivity (Wildman–Crippen MR) is 176 cm³/mol. The highest BCUT2D eigenvalue weighted by Gasteiger charge is 2.35. The fourth-order valence-corrected chi connectivity index (χ4v) is 7.40. The number of benzene rings is 3. The van der Waals surface area contributed by atoms with E-state index in [4.69, 9.17) is 4.42 Å². The Labute approximate surface area is 264 Å². The average Bonchev–Trinajstić information content (AvgIpc) is 3.07. The molecule has 5 heterocycles. The first-order chi connectivity index (χ1) is 22.4. The number of amides is 2. The summed E-state index contributed by atoms with van der Waals surface area (Å²) in [7, 11) is 0. The fourth-order valence-electron chi connectivity index (χ4n) is 7.40. The van der Waals surface area contributed by atoms with Crippen LogP contribution >= 0.6 is 0 Å². The quantitative estimate of drug-likeness (QED) is 0.286. The van der Waals surface area contributed by atoms with Gasteiger partial charge in [0.15, 0.2) is 0 Å². The van der Waals surface area contributed by atoms with Crippen molar-refractivity contribution in [2.45, 2.75) is 31.8 Å². The van der Waals surface area contributed by atoms with Crippen molar-refractivity contribution in [1.29, 1.82) is 0 Å². The third kappa shape index (κ3) is 4.98. The van der Waals surface area contributed by atoms with E-state index in [1.54, 1.807) is 30.3 Å². The molecule has 46 heavy (non-hydrogen) atoms. The maximum Gasteiger partial charge on any atom is 0.349 e. The van der Waals surface area contributed by atoms with Crippen molar-refractivity contribution >= 4 is 34.2 Å². The van der Waals surface area contributed by atoms with Gasteiger partial charge in [-0.2, -0.15) is 0 Å². The van der Waals surface area contributed by atoms with Gasteiger partial charge in [0.25, 0.3) is 17.4 Å². The van der Waals surface area contributed by atoms with Gasteiger partial charge in [0.1, 0.15) is 11.1 Å². The van der Waals surface area contributed by atoms with Crippen LogP contribution in [0.25, 0.3) is 11.0 Å². The number of pyridine rings is 1. The summed E-state index contributed by atoms with van der Waals surface area (Å²) in [5.41, 5.74) is 4.66. The first-order valence-corrected chi connectivity index (χ1v) is 15.7. The molecule has 230 valence electrons. The first-order valence-electron chi connectivity index (χ1n) is 15.7. The monoisotopic (exact) mass is 612 g/mol. The third-order valence-electron chi connectivity index (χ3n) is 9.62. The number of anilines is 2. The lowest BCUT2D eigenvalue weighted by atomic mass is 9.83. The zero-order valence-corrected chi connectivity index (χ0v) is 25.1. The second-order valence-electron chi connectivity index (χ2n) is 12.5. The van der Waals surface area contributed by atoms with Gasteiger partial charge in [-0.1, -0.05) is 48.5 Å². The van der Waals surface area contributed by atoms with Crippen LogP contribution in [0.2, 0.25) is 0 Å². The number of hydrogen-bond donors (Lipinski definition) is 1. The molecule has 3 aliphatic heterocycles. The Morgan fingerprint density at radius 3 is 2.54 bits per heavy atom. The molecule has 0 radical (unpaired) electrons. The number of hydrogen-bond acceptors (Lipinski definition) is 6. The molecule has 1 saturated heterocycles. The molecule has 2 atom stereocenters. The van der Waals surface area contributed by atoms with Crippen molar-refractivity contribution in [1.82, 2.24) is 9.47 Å². The summed E-state index contributed by atoms with van der Waals surface area (Å²) in [5.74, 6) is -0.332. The molecule has 2 aromatic heterocycles. The van der Waals surface area contributed by atoms with E-state index in [1.165, 1.54) is 11.6 Å². The van der Waals surface area contributed by atoms with Crippen LogP contribution in [0.4, 0.5) is 11.4 Å². The van der Waals surface area contributed by atoms with E-state index >= 15 is 0 Å². The minimum Gasteiger partial charge on any atom is -0.422 e. The minimum absolute atomic E-state index is 0.0195. The summed E-state index contributed by atoms with van der Waals surface area (Å²) in [6, 6.07) is 27.6. The van der Waals surface area contributed by atoms with Gasteiger partial charge in [-0.25, -0.2) is 4.79 Å². The summed E-state index contributed by atoms with van der Waals surface area (Å²) < 4.78 is 7.33. The van der Waals surface area contributed by atoms with Crippen molar-refractivity contribution in [3.8, 4) is 0 Å². The highest BCUT2D eigenvalue weighted by Crippen LogP contribution is 2.39. The summed E-state index contributed by atoms with van der Waals surface area (Å²) in [6.45, 7) is 3.09. The number of aromatic nitrogens is 1. The predicted octanol–water partition coefficient (Wildman–Crippen LogP) is 5.03. The Hall–Kier alpha value is -5.44. The molecule has 3 aliphatic rings. The summed E-state index contributed by atoms with van der Waals surface area (Å²) >= 11 is 0. The number of carbonyl (C=O) groups is 2. The number of carbonyl (C=O) groups excluding carboxylic acids is 2. The maximum absolute atomic E-state index is 13.8. The van der Waals surface area contributed by atoms with E-state index in [2.05, 4.69) is 22.3 Å². The minimum atomic E-state index is -0.730. The van der Waals surface area contributed by atoms with E-state index in [9.17, 15) is 19.2 Å². The maximum atomic E-state index is 13.8. The van der Waals surface area contributed by atoms with Gasteiger partial charge in [-0.3, -0.25) is 14.4 Å². The highest BCUT2D eigenvalue weighted by molar-refractivity contribution is 6.08. The Balaban J connectivity index is 1.15. The Kier molecular flexibility index (Phi) is 6.82. The molecule has 2 amide bonds. The molecule has 3 aromatic carbocycles. The molecule has 5 aromatic rings. The lowest BCUT2D eigenvalue weighted by Gasteiger charge is -2.44. The second kappa shape index (κ2) is 11.2. The largest absolute Gasteiger partial charge is 0.422 e. The first kappa shape index (κ1) is 28.1. The van der Waals surface area contributed by atoms with Crippen LogP contribution < -0.4 is 21.4 Å². The van der Waals surface area contributed by atoms with Gasteiger partial charge in [-0.05, 0) is 66.3 Å². The lowest BCUT2D eigenvalue weighted by Crippen LogP contribution is -2.47. The van der Waals surface area contributed by atoms with E-state index < -0.39 is 11.5 Å². The number of piperidine rings is 1. The van der Waals surface area contributed by atoms with Crippen molar-refractivity contribution < 1.29 is 14.0 Å². The molecule has 1 N–H and O–H groups in total. The van der Waals surface area contributed by atoms with Gasteiger partial charge < -0.3 is 24.1 Å². The standard InChI is InChI=1S/C37H32N4O5/c42-34-11-5-9-31-28-16-23(20-41(31)34)19-40(22-28)32-13-12-26(36(44)39-15-14-24-6-1-2-8-27(24)21-39)18-30(32)38-35(43)29-17-25-7-3-4-10-33(25)46-37(29)45/h1-13,17-18,23,28H,14-16,19-22H2,(H,38,43)/t23-,28+/m1/s1. The molecular formula is C37H32N4O5. The molecule has 2 bridgehead atoms. The van der Waals surface area contributed by atoms with Gasteiger partial charge in [0, 0.05) is 61.4 Å². The van der Waals surface area contributed by atoms with Gasteiger partial charge >= 0.3 is 5.63 Å². The van der Waals surface area contributed by atoms with E-state index in [1.807, 2.05) is 51.9 Å². The molecule has 9 heteroatoms. The van der Waals surface area contributed by atoms with Crippen molar-refractivity contribution in [3.05, 3.63) is 140 Å². The number of fused-ring (bicyclic) bond motifs is 6. The van der Waals surface area contributed by atoms with Crippen molar-refractivity contribution in [3.63, 3.8) is 0 Å². The topological polar surface area (TPSA) is 105 Å². The van der Waals surface area contributed by atoms with E-state index in [-0.39, 0.29) is 28.9 Å². The van der Waals surface area contributed by atoms with Crippen molar-refractivity contribution in [2.24, 2.45) is 5.92 Å². The lowest BCUT2D eigenvalue weighted by molar-refractivity contribution is 0.0734. The summed E-state index contributed by atoms with van der Waals surface area (Å²) in [5, 5.41) is 3.61. The Morgan fingerprint density at radius 1 is 0.826 bits per heavy atom. The van der Waals surface area contributed by atoms with Crippen molar-refractivity contribution in [2.75, 3.05) is 29.9 Å². The number of nitrogens with one attached hydrogen (secondary N) is 1. The zero-order chi connectivity index (χ0) is 31.4. The normalized spacial score (nSPS) is 18.5. The summed E-state index contributed by atoms with van der Waals surface area (Å²) in [4.78, 5) is 57.1. The van der Waals surface area contributed by atoms with E-state index in [0.717, 1.165) is 29.8 Å². The van der Waals surface area contributed by atoms with Crippen LogP contribution in [0.5, 0.6) is 0 Å². The van der Waals surface area contributed by atoms with Crippen LogP contribution in [0, 0.1) is 5.92 Å². The number of nitrogens with zero attached hydrogens (tertiary/aromatic N) is 3. The molecule has 0 unspecified atom stereocenters. The molecular weight excluding hydrogens is 580 g/mol. The summed E-state index contributed by atoms with van der Waals surface area (Å²) in [6.07, 6.45) is 1.76. The number of rotatable bonds is 4. The smallest absolute Gasteiger partial charge is 0.349 e. The highest BCUT2D eigenvalue weighted by atomic mass is 16.4. The van der Waals surface area contributed by atoms with Gasteiger partial charge in [-0.15, -0.1) is 0 Å². The second-order valence-corrected chi connectivity index (χ2v) is 12.5. The molecule has 9 nitrogen and oxygen atoms in total. The third-order valence-corrected chi connectivity index (χ3v) is 9.62. The van der Waals surface area contributed by atoms with Crippen LogP contribution in [0.3, 0.4) is 0 Å². The average molecular weight is 613 g/mol. The van der Waals surface area contributed by atoms with Crippen LogP contribution in [0.1, 0.15) is 49.9 Å². The van der Waals surface area contributed by atoms with Gasteiger partial charge in [0.2, 0.25) is 0 Å². The van der Waals surface area contributed by atoms with Crippen LogP contribution in [-0.2, 0) is 19.5 Å². The van der Waals surface area contributed by atoms with Crippen LogP contribution in [-0.4, -0.2) is 40.9 Å². The molecule has 1 fully saturated rings. The molecule has 8 rings (SSSR count). The molecule has 0 saturated carbocycles. The Bertz CT molecular complexity index is 2150.